The number of fused-ring (bicyclic) bond motifs is 1. The molecule has 6 nitrogen and oxygen atoms in total. The van der Waals surface area contributed by atoms with Crippen LogP contribution in [0.4, 0.5) is 0 Å². The third kappa shape index (κ3) is 2.81. The number of amides is 1. The molecule has 1 fully saturated rings. The van der Waals surface area contributed by atoms with Gasteiger partial charge in [0, 0.05) is 31.7 Å². The van der Waals surface area contributed by atoms with E-state index in [0.29, 0.717) is 18.8 Å². The summed E-state index contributed by atoms with van der Waals surface area (Å²) in [5.74, 6) is 1.31. The Morgan fingerprint density at radius 3 is 3.04 bits per heavy atom. The van der Waals surface area contributed by atoms with Crippen LogP contribution in [-0.2, 0) is 6.54 Å². The summed E-state index contributed by atoms with van der Waals surface area (Å²) in [7, 11) is 0. The number of carbonyl (C=O) groups excluding carboxylic acids is 1. The monoisotopic (exact) mass is 337 g/mol. The van der Waals surface area contributed by atoms with E-state index in [-0.39, 0.29) is 11.8 Å². The number of para-hydroxylation sites is 1. The van der Waals surface area contributed by atoms with Gasteiger partial charge in [0.1, 0.15) is 11.5 Å². The van der Waals surface area contributed by atoms with Crippen molar-refractivity contribution >= 4 is 16.9 Å². The second-order valence-electron chi connectivity index (χ2n) is 6.72. The van der Waals surface area contributed by atoms with E-state index >= 15 is 0 Å². The zero-order valence-corrected chi connectivity index (χ0v) is 14.7. The van der Waals surface area contributed by atoms with Crippen LogP contribution in [0.3, 0.4) is 0 Å². The number of hydrogen-bond donors (Lipinski definition) is 1. The van der Waals surface area contributed by atoms with E-state index in [1.54, 1.807) is 16.9 Å². The molecule has 2 aromatic heterocycles. The van der Waals surface area contributed by atoms with Crippen molar-refractivity contribution in [1.29, 1.82) is 0 Å². The number of likely N-dealkylation sites (tertiary alicyclic amines) is 1. The highest BCUT2D eigenvalue weighted by atomic mass is 16.2. The maximum Gasteiger partial charge on any atom is 0.272 e. The summed E-state index contributed by atoms with van der Waals surface area (Å²) in [4.78, 5) is 23.1. The summed E-state index contributed by atoms with van der Waals surface area (Å²) < 4.78 is 1.76. The van der Waals surface area contributed by atoms with E-state index in [4.69, 9.17) is 4.98 Å². The lowest BCUT2D eigenvalue weighted by Gasteiger charge is -2.31. The summed E-state index contributed by atoms with van der Waals surface area (Å²) in [5.41, 5.74) is 3.95. The van der Waals surface area contributed by atoms with Crippen LogP contribution in [0.15, 0.2) is 30.5 Å². The van der Waals surface area contributed by atoms with Gasteiger partial charge in [0.25, 0.3) is 5.91 Å². The summed E-state index contributed by atoms with van der Waals surface area (Å²) in [6.45, 7) is 6.28. The SMILES string of the molecule is CCn1nccc1C(=O)N1CCC[C@@H](c2nc3c(C)cccc3[nH]2)C1. The Morgan fingerprint density at radius 2 is 2.24 bits per heavy atom. The molecular formula is C19H23N5O. The summed E-state index contributed by atoms with van der Waals surface area (Å²) >= 11 is 0. The molecule has 1 amide bonds. The number of benzene rings is 1. The van der Waals surface area contributed by atoms with Crippen molar-refractivity contribution in [2.45, 2.75) is 39.2 Å². The van der Waals surface area contributed by atoms with Crippen LogP contribution in [0.5, 0.6) is 0 Å². The largest absolute Gasteiger partial charge is 0.342 e. The maximum atomic E-state index is 12.9. The number of aromatic amines is 1. The maximum absolute atomic E-state index is 12.9. The lowest BCUT2D eigenvalue weighted by Crippen LogP contribution is -2.40. The second kappa shape index (κ2) is 6.35. The molecule has 3 aromatic rings. The van der Waals surface area contributed by atoms with E-state index in [9.17, 15) is 4.79 Å². The molecule has 1 aliphatic rings. The Bertz CT molecular complexity index is 910. The number of aryl methyl sites for hydroxylation is 2. The minimum Gasteiger partial charge on any atom is -0.342 e. The highest BCUT2D eigenvalue weighted by Gasteiger charge is 2.28. The molecule has 1 aromatic carbocycles. The van der Waals surface area contributed by atoms with Crippen molar-refractivity contribution in [3.05, 3.63) is 47.5 Å². The fraction of sp³-hybridized carbons (Fsp3) is 0.421. The Balaban J connectivity index is 1.58. The quantitative estimate of drug-likeness (QED) is 0.798. The highest BCUT2D eigenvalue weighted by Crippen LogP contribution is 2.28. The van der Waals surface area contributed by atoms with Crippen molar-refractivity contribution in [1.82, 2.24) is 24.6 Å². The number of aromatic nitrogens is 4. The molecular weight excluding hydrogens is 314 g/mol. The lowest BCUT2D eigenvalue weighted by molar-refractivity contribution is 0.0692. The number of nitrogens with one attached hydrogen (secondary N) is 1. The molecule has 1 saturated heterocycles. The zero-order chi connectivity index (χ0) is 17.4. The van der Waals surface area contributed by atoms with Crippen LogP contribution < -0.4 is 0 Å². The Labute approximate surface area is 146 Å². The van der Waals surface area contributed by atoms with Crippen molar-refractivity contribution in [2.75, 3.05) is 13.1 Å². The van der Waals surface area contributed by atoms with Gasteiger partial charge in [0.15, 0.2) is 0 Å². The Kier molecular flexibility index (Phi) is 4.03. The van der Waals surface area contributed by atoms with Crippen LogP contribution in [0, 0.1) is 6.92 Å². The first-order chi connectivity index (χ1) is 12.2. The van der Waals surface area contributed by atoms with Gasteiger partial charge < -0.3 is 9.88 Å². The summed E-state index contributed by atoms with van der Waals surface area (Å²) in [5, 5.41) is 4.22. The molecule has 1 N–H and O–H groups in total. The van der Waals surface area contributed by atoms with Crippen molar-refractivity contribution in [3.63, 3.8) is 0 Å². The van der Waals surface area contributed by atoms with E-state index in [1.807, 2.05) is 17.9 Å². The molecule has 0 radical (unpaired) electrons. The molecule has 1 atom stereocenters. The molecule has 0 unspecified atom stereocenters. The predicted octanol–water partition coefficient (Wildman–Crippen LogP) is 3.11. The van der Waals surface area contributed by atoms with Crippen LogP contribution in [0.25, 0.3) is 11.0 Å². The van der Waals surface area contributed by atoms with Gasteiger partial charge in [0.05, 0.1) is 11.0 Å². The van der Waals surface area contributed by atoms with Gasteiger partial charge >= 0.3 is 0 Å². The molecule has 25 heavy (non-hydrogen) atoms. The number of hydrogen-bond acceptors (Lipinski definition) is 3. The van der Waals surface area contributed by atoms with E-state index in [1.165, 1.54) is 5.56 Å². The number of imidazole rings is 1. The average molecular weight is 337 g/mol. The van der Waals surface area contributed by atoms with Crippen LogP contribution in [0.1, 0.15) is 47.6 Å². The first kappa shape index (κ1) is 15.9. The third-order valence-electron chi connectivity index (χ3n) is 5.06. The zero-order valence-electron chi connectivity index (χ0n) is 14.7. The van der Waals surface area contributed by atoms with Gasteiger partial charge in [-0.15, -0.1) is 0 Å². The number of carbonyl (C=O) groups is 1. The standard InChI is InChI=1S/C19H23N5O/c1-3-24-16(9-10-20-24)19(25)23-11-5-7-14(12-23)18-21-15-8-4-6-13(2)17(15)22-18/h4,6,8-10,14H,3,5,7,11-12H2,1-2H3,(H,21,22)/t14-/m1/s1. The molecule has 130 valence electrons. The number of rotatable bonds is 3. The van der Waals surface area contributed by atoms with Crippen LogP contribution in [-0.4, -0.2) is 43.6 Å². The second-order valence-corrected chi connectivity index (χ2v) is 6.72. The Hall–Kier alpha value is -2.63. The van der Waals surface area contributed by atoms with E-state index in [2.05, 4.69) is 29.1 Å². The van der Waals surface area contributed by atoms with E-state index < -0.39 is 0 Å². The molecule has 0 bridgehead atoms. The molecule has 4 rings (SSSR count). The smallest absolute Gasteiger partial charge is 0.272 e. The number of nitrogens with zero attached hydrogens (tertiary/aromatic N) is 4. The number of piperidine rings is 1. The van der Waals surface area contributed by atoms with Gasteiger partial charge in [0.2, 0.25) is 0 Å². The average Bonchev–Trinajstić information content (AvgIpc) is 3.28. The number of H-pyrrole nitrogens is 1. The molecule has 3 heterocycles. The lowest BCUT2D eigenvalue weighted by atomic mass is 9.97. The van der Waals surface area contributed by atoms with Gasteiger partial charge in [-0.2, -0.15) is 5.10 Å². The molecule has 6 heteroatoms. The topological polar surface area (TPSA) is 66.8 Å². The summed E-state index contributed by atoms with van der Waals surface area (Å²) in [6.07, 6.45) is 3.74. The summed E-state index contributed by atoms with van der Waals surface area (Å²) in [6, 6.07) is 7.99. The highest BCUT2D eigenvalue weighted by molar-refractivity contribution is 5.92. The van der Waals surface area contributed by atoms with Crippen LogP contribution >= 0.6 is 0 Å². The van der Waals surface area contributed by atoms with E-state index in [0.717, 1.165) is 36.2 Å². The molecule has 0 saturated carbocycles. The minimum atomic E-state index is 0.0661. The third-order valence-corrected chi connectivity index (χ3v) is 5.06. The van der Waals surface area contributed by atoms with Gasteiger partial charge in [-0.1, -0.05) is 12.1 Å². The first-order valence-corrected chi connectivity index (χ1v) is 8.93. The van der Waals surface area contributed by atoms with Crippen LogP contribution in [0.2, 0.25) is 0 Å². The Morgan fingerprint density at radius 1 is 1.36 bits per heavy atom. The minimum absolute atomic E-state index is 0.0661. The molecule has 1 aliphatic heterocycles. The van der Waals surface area contributed by atoms with Gasteiger partial charge in [-0.25, -0.2) is 4.98 Å². The first-order valence-electron chi connectivity index (χ1n) is 8.93. The van der Waals surface area contributed by atoms with Crippen molar-refractivity contribution in [2.24, 2.45) is 0 Å². The van der Waals surface area contributed by atoms with Crippen molar-refractivity contribution in [3.8, 4) is 0 Å². The fourth-order valence-electron chi connectivity index (χ4n) is 3.70. The van der Waals surface area contributed by atoms with Gasteiger partial charge in [-0.05, 0) is 44.4 Å². The van der Waals surface area contributed by atoms with Gasteiger partial charge in [-0.3, -0.25) is 9.48 Å². The molecule has 0 aliphatic carbocycles. The fourth-order valence-corrected chi connectivity index (χ4v) is 3.70. The van der Waals surface area contributed by atoms with Crippen molar-refractivity contribution < 1.29 is 4.79 Å². The normalized spacial score (nSPS) is 18.0. The predicted molar refractivity (Wildman–Crippen MR) is 96.6 cm³/mol. The molecule has 0 spiro atoms.